The summed E-state index contributed by atoms with van der Waals surface area (Å²) in [7, 11) is 0. The van der Waals surface area contributed by atoms with Gasteiger partial charge in [0.05, 0.1) is 36.1 Å². The Morgan fingerprint density at radius 2 is 2.16 bits per heavy atom. The maximum Gasteiger partial charge on any atom is 0.242 e. The highest BCUT2D eigenvalue weighted by molar-refractivity contribution is 5.81. The van der Waals surface area contributed by atoms with Gasteiger partial charge in [-0.05, 0) is 18.6 Å². The lowest BCUT2D eigenvalue weighted by Crippen LogP contribution is -2.63. The maximum absolute atomic E-state index is 12.1. The normalized spacial score (nSPS) is 17.5. The molecule has 100 valence electrons. The van der Waals surface area contributed by atoms with Crippen LogP contribution in [0.3, 0.4) is 0 Å². The Balaban J connectivity index is 1.71. The zero-order valence-corrected chi connectivity index (χ0v) is 10.9. The standard InChI is InChI=1S/C14H17N3O2/c1-2-14(19)8-17(9-14)13(18)7-16-10-15-11-5-3-4-6-12(11)16/h3-6,10,19H,2,7-9H2,1H3. The zero-order chi connectivity index (χ0) is 13.5. The second-order valence-electron chi connectivity index (χ2n) is 5.19. The van der Waals surface area contributed by atoms with E-state index < -0.39 is 5.60 Å². The van der Waals surface area contributed by atoms with E-state index in [0.717, 1.165) is 11.0 Å². The molecule has 0 spiro atoms. The quantitative estimate of drug-likeness (QED) is 0.895. The lowest BCUT2D eigenvalue weighted by molar-refractivity contribution is -0.156. The molecule has 1 aromatic heterocycles. The van der Waals surface area contributed by atoms with Crippen molar-refractivity contribution in [2.45, 2.75) is 25.5 Å². The molecule has 19 heavy (non-hydrogen) atoms. The molecular formula is C14H17N3O2. The van der Waals surface area contributed by atoms with Gasteiger partial charge < -0.3 is 14.6 Å². The number of hydrogen-bond donors (Lipinski definition) is 1. The number of rotatable bonds is 3. The van der Waals surface area contributed by atoms with Crippen molar-refractivity contribution in [1.82, 2.24) is 14.5 Å². The molecule has 0 unspecified atom stereocenters. The van der Waals surface area contributed by atoms with E-state index in [2.05, 4.69) is 4.98 Å². The van der Waals surface area contributed by atoms with Gasteiger partial charge in [0.2, 0.25) is 5.91 Å². The first kappa shape index (κ1) is 12.2. The lowest BCUT2D eigenvalue weighted by atomic mass is 9.91. The number of benzene rings is 1. The van der Waals surface area contributed by atoms with E-state index in [1.165, 1.54) is 0 Å². The van der Waals surface area contributed by atoms with Gasteiger partial charge >= 0.3 is 0 Å². The van der Waals surface area contributed by atoms with Gasteiger partial charge in [-0.2, -0.15) is 0 Å². The number of fused-ring (bicyclic) bond motifs is 1. The predicted molar refractivity (Wildman–Crippen MR) is 71.6 cm³/mol. The van der Waals surface area contributed by atoms with E-state index in [1.807, 2.05) is 35.8 Å². The van der Waals surface area contributed by atoms with Crippen molar-refractivity contribution in [2.75, 3.05) is 13.1 Å². The topological polar surface area (TPSA) is 58.4 Å². The second kappa shape index (κ2) is 4.35. The van der Waals surface area contributed by atoms with Gasteiger partial charge in [0.1, 0.15) is 6.54 Å². The number of likely N-dealkylation sites (tertiary alicyclic amines) is 1. The minimum Gasteiger partial charge on any atom is -0.386 e. The van der Waals surface area contributed by atoms with Crippen molar-refractivity contribution < 1.29 is 9.90 Å². The molecule has 1 aliphatic heterocycles. The number of para-hydroxylation sites is 2. The molecular weight excluding hydrogens is 242 g/mol. The fraction of sp³-hybridized carbons (Fsp3) is 0.429. The number of amides is 1. The highest BCUT2D eigenvalue weighted by atomic mass is 16.3. The van der Waals surface area contributed by atoms with Crippen LogP contribution in [-0.4, -0.2) is 44.2 Å². The van der Waals surface area contributed by atoms with Crippen molar-refractivity contribution >= 4 is 16.9 Å². The Labute approximate surface area is 111 Å². The van der Waals surface area contributed by atoms with Crippen LogP contribution >= 0.6 is 0 Å². The first-order valence-corrected chi connectivity index (χ1v) is 6.51. The molecule has 0 aliphatic carbocycles. The van der Waals surface area contributed by atoms with Gasteiger partial charge in [0, 0.05) is 0 Å². The number of aromatic nitrogens is 2. The van der Waals surface area contributed by atoms with Crippen LogP contribution in [0.5, 0.6) is 0 Å². The molecule has 1 amide bonds. The molecule has 0 saturated carbocycles. The third kappa shape index (κ3) is 2.10. The summed E-state index contributed by atoms with van der Waals surface area (Å²) in [6.07, 6.45) is 2.37. The molecule has 1 aromatic carbocycles. The molecule has 1 N–H and O–H groups in total. The number of β-amino-alcohol motifs (C(OH)–C–C–N with tert-alkyl or cyclic N) is 1. The summed E-state index contributed by atoms with van der Waals surface area (Å²) < 4.78 is 1.85. The summed E-state index contributed by atoms with van der Waals surface area (Å²) in [6, 6.07) is 7.74. The second-order valence-corrected chi connectivity index (χ2v) is 5.19. The fourth-order valence-corrected chi connectivity index (χ4v) is 2.45. The molecule has 1 saturated heterocycles. The van der Waals surface area contributed by atoms with Crippen molar-refractivity contribution in [3.8, 4) is 0 Å². The van der Waals surface area contributed by atoms with Crippen LogP contribution in [0.25, 0.3) is 11.0 Å². The molecule has 0 atom stereocenters. The molecule has 5 heteroatoms. The third-order valence-corrected chi connectivity index (χ3v) is 3.81. The van der Waals surface area contributed by atoms with Crippen molar-refractivity contribution in [3.05, 3.63) is 30.6 Å². The van der Waals surface area contributed by atoms with Crippen molar-refractivity contribution in [1.29, 1.82) is 0 Å². The van der Waals surface area contributed by atoms with Gasteiger partial charge in [0.25, 0.3) is 0 Å². The minimum absolute atomic E-state index is 0.0290. The monoisotopic (exact) mass is 259 g/mol. The van der Waals surface area contributed by atoms with E-state index in [0.29, 0.717) is 19.5 Å². The number of nitrogens with zero attached hydrogens (tertiary/aromatic N) is 3. The summed E-state index contributed by atoms with van der Waals surface area (Å²) in [6.45, 7) is 3.09. The van der Waals surface area contributed by atoms with E-state index in [4.69, 9.17) is 0 Å². The molecule has 0 bridgehead atoms. The fourth-order valence-electron chi connectivity index (χ4n) is 2.45. The van der Waals surface area contributed by atoms with E-state index in [1.54, 1.807) is 11.2 Å². The summed E-state index contributed by atoms with van der Waals surface area (Å²) in [5.41, 5.74) is 1.18. The Kier molecular flexibility index (Phi) is 2.78. The Morgan fingerprint density at radius 1 is 1.42 bits per heavy atom. The third-order valence-electron chi connectivity index (χ3n) is 3.81. The van der Waals surface area contributed by atoms with Gasteiger partial charge in [-0.1, -0.05) is 19.1 Å². The van der Waals surface area contributed by atoms with Crippen LogP contribution in [0.1, 0.15) is 13.3 Å². The van der Waals surface area contributed by atoms with Crippen LogP contribution < -0.4 is 0 Å². The van der Waals surface area contributed by atoms with E-state index in [-0.39, 0.29) is 12.5 Å². The molecule has 0 radical (unpaired) electrons. The Hall–Kier alpha value is -1.88. The number of imidazole rings is 1. The summed E-state index contributed by atoms with van der Waals surface area (Å²) in [4.78, 5) is 18.1. The predicted octanol–water partition coefficient (Wildman–Crippen LogP) is 1.02. The largest absolute Gasteiger partial charge is 0.386 e. The molecule has 2 aromatic rings. The van der Waals surface area contributed by atoms with E-state index >= 15 is 0 Å². The minimum atomic E-state index is -0.674. The van der Waals surface area contributed by atoms with E-state index in [9.17, 15) is 9.90 Å². The van der Waals surface area contributed by atoms with Gasteiger partial charge in [-0.15, -0.1) is 0 Å². The molecule has 1 fully saturated rings. The highest BCUT2D eigenvalue weighted by Crippen LogP contribution is 2.24. The zero-order valence-electron chi connectivity index (χ0n) is 10.9. The van der Waals surface area contributed by atoms with Crippen LogP contribution in [0.4, 0.5) is 0 Å². The van der Waals surface area contributed by atoms with Crippen molar-refractivity contribution in [3.63, 3.8) is 0 Å². The summed E-state index contributed by atoms with van der Waals surface area (Å²) in [5, 5.41) is 9.92. The molecule has 3 rings (SSSR count). The Morgan fingerprint density at radius 3 is 2.89 bits per heavy atom. The average Bonchev–Trinajstić information content (AvgIpc) is 2.78. The number of carbonyl (C=O) groups is 1. The van der Waals surface area contributed by atoms with Gasteiger partial charge in [-0.25, -0.2) is 4.98 Å². The van der Waals surface area contributed by atoms with Crippen LogP contribution in [-0.2, 0) is 11.3 Å². The first-order valence-electron chi connectivity index (χ1n) is 6.51. The van der Waals surface area contributed by atoms with Gasteiger partial charge in [0.15, 0.2) is 0 Å². The van der Waals surface area contributed by atoms with Crippen LogP contribution in [0.2, 0.25) is 0 Å². The molecule has 1 aliphatic rings. The van der Waals surface area contributed by atoms with Crippen LogP contribution in [0.15, 0.2) is 30.6 Å². The lowest BCUT2D eigenvalue weighted by Gasteiger charge is -2.46. The smallest absolute Gasteiger partial charge is 0.242 e. The summed E-state index contributed by atoms with van der Waals surface area (Å²) >= 11 is 0. The van der Waals surface area contributed by atoms with Gasteiger partial charge in [-0.3, -0.25) is 4.79 Å². The van der Waals surface area contributed by atoms with Crippen LogP contribution in [0, 0.1) is 0 Å². The number of carbonyl (C=O) groups excluding carboxylic acids is 1. The average molecular weight is 259 g/mol. The summed E-state index contributed by atoms with van der Waals surface area (Å²) in [5.74, 6) is 0.0290. The number of aliphatic hydroxyl groups is 1. The highest BCUT2D eigenvalue weighted by Gasteiger charge is 2.41. The first-order chi connectivity index (χ1) is 9.11. The van der Waals surface area contributed by atoms with Crippen molar-refractivity contribution in [2.24, 2.45) is 0 Å². The molecule has 5 nitrogen and oxygen atoms in total. The molecule has 2 heterocycles. The Bertz CT molecular complexity index is 614. The maximum atomic E-state index is 12.1. The number of hydrogen-bond acceptors (Lipinski definition) is 3. The SMILES string of the molecule is CCC1(O)CN(C(=O)Cn2cnc3ccccc32)C1.